The number of nitrogens with zero attached hydrogens (tertiary/aromatic N) is 6. The lowest BCUT2D eigenvalue weighted by molar-refractivity contribution is 0.00578. The Morgan fingerprint density at radius 3 is 1.08 bits per heavy atom. The lowest BCUT2D eigenvalue weighted by Crippen LogP contribution is -2.41. The lowest BCUT2D eigenvalue weighted by atomic mass is 9.66. The predicted octanol–water partition coefficient (Wildman–Crippen LogP) is 23.8. The van der Waals surface area contributed by atoms with Gasteiger partial charge in [0.15, 0.2) is 11.6 Å². The van der Waals surface area contributed by atoms with Crippen LogP contribution < -0.4 is 5.46 Å². The number of hydrogen-bond acceptors (Lipinski definition) is 8. The Balaban J connectivity index is 0.000000124. The Kier molecular flexibility index (Phi) is 18.5. The molecule has 0 radical (unpaired) electrons. The van der Waals surface area contributed by atoms with Crippen LogP contribution in [0.5, 0.6) is 0 Å². The molecule has 19 rings (SSSR count). The summed E-state index contributed by atoms with van der Waals surface area (Å²) in [5.74, 6) is 1.41. The molecule has 5 heterocycles. The van der Waals surface area contributed by atoms with E-state index in [1.807, 2.05) is 103 Å². The van der Waals surface area contributed by atoms with Crippen LogP contribution in [0.4, 0.5) is 0 Å². The largest absolute Gasteiger partial charge is 0.495 e. The number of rotatable bonds is 10. The fourth-order valence-electron chi connectivity index (χ4n) is 16.9. The second-order valence-electron chi connectivity index (χ2n) is 29.8. The molecule has 14 aromatic rings. The van der Waals surface area contributed by atoms with E-state index in [4.69, 9.17) is 40.8 Å². The van der Waals surface area contributed by atoms with Crippen LogP contribution in [0.15, 0.2) is 304 Å². The summed E-state index contributed by atoms with van der Waals surface area (Å²) in [5, 5.41) is 0.701. The van der Waals surface area contributed by atoms with Crippen LogP contribution in [0.3, 0.4) is 0 Å². The number of halogens is 1. The molecule has 4 aromatic heterocycles. The highest BCUT2D eigenvalue weighted by Crippen LogP contribution is 2.59. The number of fused-ring (bicyclic) bond motifs is 10. The minimum atomic E-state index is -0.318. The van der Waals surface area contributed by atoms with E-state index in [1.165, 1.54) is 125 Å². The molecule has 0 N–H and O–H groups in total. The number of aromatic nitrogens is 6. The third-order valence-corrected chi connectivity index (χ3v) is 23.3. The molecule has 0 unspecified atom stereocenters. The van der Waals surface area contributed by atoms with Gasteiger partial charge in [0.05, 0.1) is 34.0 Å². The van der Waals surface area contributed by atoms with Gasteiger partial charge >= 0.3 is 7.12 Å². The number of pyridine rings is 2. The molecule has 2 saturated carbocycles. The molecule has 106 heavy (non-hydrogen) atoms. The first-order valence-electron chi connectivity index (χ1n) is 37.5. The van der Waals surface area contributed by atoms with E-state index in [1.54, 1.807) is 12.4 Å². The average Bonchev–Trinajstić information content (AvgIpc) is 1.55. The second kappa shape index (κ2) is 28.8. The van der Waals surface area contributed by atoms with Crippen molar-refractivity contribution in [3.05, 3.63) is 331 Å². The Hall–Kier alpha value is -11.1. The maximum atomic E-state index is 6.44. The van der Waals surface area contributed by atoms with Crippen molar-refractivity contribution in [3.63, 3.8) is 0 Å². The van der Waals surface area contributed by atoms with Gasteiger partial charge < -0.3 is 9.31 Å². The molecule has 8 nitrogen and oxygen atoms in total. The van der Waals surface area contributed by atoms with Crippen molar-refractivity contribution in [2.24, 2.45) is 0 Å². The minimum absolute atomic E-state index is 0.154. The first-order chi connectivity index (χ1) is 51.9. The fraction of sp³-hybridized carbons (Fsp3) is 0.188. The van der Waals surface area contributed by atoms with Gasteiger partial charge in [-0.05, 0) is 173 Å². The van der Waals surface area contributed by atoms with Crippen LogP contribution in [-0.2, 0) is 20.1 Å². The Morgan fingerprint density at radius 2 is 0.651 bits per heavy atom. The van der Waals surface area contributed by atoms with Crippen LogP contribution in [0.2, 0.25) is 5.02 Å². The third-order valence-electron chi connectivity index (χ3n) is 23.0. The predicted molar refractivity (Wildman–Crippen MR) is 434 cm³/mol. The summed E-state index contributed by atoms with van der Waals surface area (Å²) in [6.45, 7) is 8.53. The Morgan fingerprint density at radius 1 is 0.302 bits per heavy atom. The first kappa shape index (κ1) is 68.1. The van der Waals surface area contributed by atoms with Crippen molar-refractivity contribution in [2.75, 3.05) is 0 Å². The first-order valence-corrected chi connectivity index (χ1v) is 37.9. The Labute approximate surface area is 627 Å². The van der Waals surface area contributed by atoms with Gasteiger partial charge in [-0.15, -0.1) is 0 Å². The summed E-state index contributed by atoms with van der Waals surface area (Å²) in [6, 6.07) is 98.0. The fourth-order valence-corrected chi connectivity index (χ4v) is 17.1. The van der Waals surface area contributed by atoms with Gasteiger partial charge in [-0.1, -0.05) is 293 Å². The molecule has 0 bridgehead atoms. The second-order valence-corrected chi connectivity index (χ2v) is 30.3. The van der Waals surface area contributed by atoms with Gasteiger partial charge in [-0.25, -0.2) is 19.9 Å². The van der Waals surface area contributed by atoms with Crippen molar-refractivity contribution in [1.82, 2.24) is 29.9 Å². The summed E-state index contributed by atoms with van der Waals surface area (Å²) >= 11 is 6.08. The zero-order chi connectivity index (χ0) is 71.8. The maximum Gasteiger partial charge on any atom is 0.495 e. The summed E-state index contributed by atoms with van der Waals surface area (Å²) in [6.07, 6.45) is 20.3. The zero-order valence-electron chi connectivity index (χ0n) is 60.4. The Bertz CT molecular complexity index is 5460. The van der Waals surface area contributed by atoms with E-state index < -0.39 is 0 Å². The van der Waals surface area contributed by atoms with Crippen molar-refractivity contribution in [3.8, 4) is 123 Å². The molecule has 0 atom stereocenters. The van der Waals surface area contributed by atoms with E-state index in [0.29, 0.717) is 10.8 Å². The quantitative estimate of drug-likeness (QED) is 0.125. The average molecular weight is 1400 g/mol. The van der Waals surface area contributed by atoms with Gasteiger partial charge in [-0.3, -0.25) is 9.97 Å². The van der Waals surface area contributed by atoms with E-state index in [-0.39, 0.29) is 29.2 Å². The lowest BCUT2D eigenvalue weighted by Gasteiger charge is -2.36. The molecule has 1 aliphatic heterocycles. The van der Waals surface area contributed by atoms with E-state index in [9.17, 15) is 0 Å². The summed E-state index contributed by atoms with van der Waals surface area (Å²) < 4.78 is 12.9. The molecule has 0 amide bonds. The monoisotopic (exact) mass is 1400 g/mol. The third kappa shape index (κ3) is 13.0. The molecule has 10 heteroatoms. The highest BCUT2D eigenvalue weighted by molar-refractivity contribution is 6.64. The molecule has 10 aromatic carbocycles. The van der Waals surface area contributed by atoms with Gasteiger partial charge in [0.1, 0.15) is 0 Å². The van der Waals surface area contributed by atoms with E-state index in [2.05, 4.69) is 226 Å². The smallest absolute Gasteiger partial charge is 0.399 e. The standard InChI is InChI=1S/C45H35N3.C27H18ClN3.C24H29BO2/c1-3-11-35(12-4-1)44-47-41(33-22-18-31(19-23-33)36-13-10-28-46-30-36)29-42(48-44)34-24-20-32(21-25-34)37-15-9-17-40-43(37)38-14-5-6-16-39(38)45(40)26-7-2-8-27-45;28-24-14-12-21(13-15-24)26-17-25(30-27(31-26)22-5-2-1-3-6-22)20-10-8-19(9-11-20)23-7-4-16-29-18-23;1-22(2)23(3,4)27-25(26-22)20-14-10-13-19-21(20)17-11-6-7-12-18(17)24(19)15-8-5-9-16-24/h1,3-6,9-25,28-30H,2,7-8,26-27H2;1-18H;6-7,10-14H,5,8-9,15-16H2,1-4H3. The van der Waals surface area contributed by atoms with Gasteiger partial charge in [-0.2, -0.15) is 0 Å². The molecule has 518 valence electrons. The topological polar surface area (TPSA) is 95.8 Å². The molecule has 2 spiro atoms. The molecule has 4 aliphatic carbocycles. The van der Waals surface area contributed by atoms with Crippen molar-refractivity contribution >= 4 is 24.2 Å². The van der Waals surface area contributed by atoms with Crippen LogP contribution >= 0.6 is 11.6 Å². The summed E-state index contributed by atoms with van der Waals surface area (Å²) in [5.41, 5.74) is 29.2. The molecular formula is C96H82BClN6O2. The molecule has 3 fully saturated rings. The van der Waals surface area contributed by atoms with Gasteiger partial charge in [0.2, 0.25) is 0 Å². The van der Waals surface area contributed by atoms with Crippen molar-refractivity contribution in [2.45, 2.75) is 114 Å². The van der Waals surface area contributed by atoms with Crippen LogP contribution in [0.25, 0.3) is 123 Å². The van der Waals surface area contributed by atoms with Crippen molar-refractivity contribution < 1.29 is 9.31 Å². The molecule has 1 saturated heterocycles. The number of hydrogen-bond donors (Lipinski definition) is 0. The summed E-state index contributed by atoms with van der Waals surface area (Å²) in [7, 11) is -0.309. The molecule has 5 aliphatic rings. The van der Waals surface area contributed by atoms with Gasteiger partial charge in [0.25, 0.3) is 0 Å². The van der Waals surface area contributed by atoms with Crippen LogP contribution in [0, 0.1) is 0 Å². The van der Waals surface area contributed by atoms with E-state index in [0.717, 1.165) is 84.2 Å². The zero-order valence-corrected chi connectivity index (χ0v) is 61.1. The highest BCUT2D eigenvalue weighted by Gasteiger charge is 2.54. The van der Waals surface area contributed by atoms with Gasteiger partial charge in [0, 0.05) is 74.0 Å². The normalized spacial score (nSPS) is 15.8. The maximum absolute atomic E-state index is 6.44. The number of benzene rings is 10. The summed E-state index contributed by atoms with van der Waals surface area (Å²) in [4.78, 5) is 28.3. The minimum Gasteiger partial charge on any atom is -0.399 e. The van der Waals surface area contributed by atoms with Crippen LogP contribution in [0.1, 0.15) is 114 Å². The molecular weight excluding hydrogens is 1320 g/mol. The SMILES string of the molecule is CC1(C)OB(c2cccc3c2-c2ccccc2C32CCCCC2)OC1(C)C.Clc1ccc(-c2cc(-c3ccc(-c4cccnc4)cc3)nc(-c3ccccc3)n2)cc1.c1ccc(-c2nc(-c3ccc(-c4cccnc4)cc3)cc(-c3ccc(-c4cccc5c4-c4ccccc4C54CCCCC4)cc3)n2)cc1. The van der Waals surface area contributed by atoms with Crippen molar-refractivity contribution in [1.29, 1.82) is 0 Å². The van der Waals surface area contributed by atoms with E-state index >= 15 is 0 Å². The van der Waals surface area contributed by atoms with Crippen LogP contribution in [-0.4, -0.2) is 48.2 Å². The highest BCUT2D eigenvalue weighted by atomic mass is 35.5.